The summed E-state index contributed by atoms with van der Waals surface area (Å²) >= 11 is 6.15. The summed E-state index contributed by atoms with van der Waals surface area (Å²) in [6.45, 7) is 3.11. The molecule has 0 bridgehead atoms. The van der Waals surface area contributed by atoms with Crippen molar-refractivity contribution in [1.29, 1.82) is 0 Å². The fraction of sp³-hybridized carbons (Fsp3) is 0.304. The van der Waals surface area contributed by atoms with E-state index in [1.165, 1.54) is 0 Å². The fourth-order valence-electron chi connectivity index (χ4n) is 3.45. The normalized spacial score (nSPS) is 16.8. The van der Waals surface area contributed by atoms with E-state index in [1.54, 1.807) is 31.4 Å². The predicted octanol–water partition coefficient (Wildman–Crippen LogP) is 4.54. The number of fused-ring (bicyclic) bond motifs is 1. The van der Waals surface area contributed by atoms with Gasteiger partial charge in [-0.2, -0.15) is 0 Å². The molecule has 0 radical (unpaired) electrons. The molecule has 1 fully saturated rings. The molecule has 0 saturated carbocycles. The first kappa shape index (κ1) is 20.4. The highest BCUT2D eigenvalue weighted by molar-refractivity contribution is 6.30. The van der Waals surface area contributed by atoms with E-state index in [1.807, 2.05) is 25.1 Å². The molecule has 2 aromatic carbocycles. The Morgan fingerprint density at radius 3 is 2.93 bits per heavy atom. The van der Waals surface area contributed by atoms with E-state index in [9.17, 15) is 4.79 Å². The van der Waals surface area contributed by atoms with Crippen LogP contribution in [0.3, 0.4) is 0 Å². The van der Waals surface area contributed by atoms with Crippen LogP contribution in [0.2, 0.25) is 5.02 Å². The molecule has 1 aliphatic heterocycles. The summed E-state index contributed by atoms with van der Waals surface area (Å²) in [7, 11) is 1.57. The van der Waals surface area contributed by atoms with Gasteiger partial charge in [-0.25, -0.2) is 4.99 Å². The number of methoxy groups -OCH3 is 1. The second kappa shape index (κ2) is 8.90. The molecule has 6 nitrogen and oxygen atoms in total. The molecule has 156 valence electrons. The lowest BCUT2D eigenvalue weighted by Crippen LogP contribution is -2.34. The number of ether oxygens (including phenoxy) is 2. The topological polar surface area (TPSA) is 73.1 Å². The summed E-state index contributed by atoms with van der Waals surface area (Å²) in [5, 5.41) is 4.25. The van der Waals surface area contributed by atoms with Crippen molar-refractivity contribution in [2.45, 2.75) is 25.9 Å². The Labute approximate surface area is 179 Å². The van der Waals surface area contributed by atoms with Crippen molar-refractivity contribution < 1.29 is 18.7 Å². The van der Waals surface area contributed by atoms with Crippen LogP contribution in [0.4, 0.5) is 5.69 Å². The van der Waals surface area contributed by atoms with Gasteiger partial charge in [-0.1, -0.05) is 29.8 Å². The van der Waals surface area contributed by atoms with Crippen LogP contribution in [0.1, 0.15) is 28.8 Å². The molecule has 1 N–H and O–H groups in total. The van der Waals surface area contributed by atoms with Gasteiger partial charge in [-0.3, -0.25) is 4.79 Å². The van der Waals surface area contributed by atoms with E-state index in [0.717, 1.165) is 30.4 Å². The van der Waals surface area contributed by atoms with Crippen LogP contribution in [-0.4, -0.2) is 32.3 Å². The number of aryl methyl sites for hydroxylation is 1. The van der Waals surface area contributed by atoms with E-state index in [4.69, 9.17) is 25.5 Å². The van der Waals surface area contributed by atoms with Gasteiger partial charge >= 0.3 is 0 Å². The molecular weight excluding hydrogens is 404 g/mol. The number of benzene rings is 2. The minimum atomic E-state index is -0.266. The van der Waals surface area contributed by atoms with Gasteiger partial charge in [0.2, 0.25) is 5.55 Å². The minimum absolute atomic E-state index is 0.0435. The smallest absolute Gasteiger partial charge is 0.256 e. The van der Waals surface area contributed by atoms with Crippen molar-refractivity contribution in [1.82, 2.24) is 5.32 Å². The van der Waals surface area contributed by atoms with Gasteiger partial charge < -0.3 is 19.2 Å². The Balaban J connectivity index is 1.82. The quantitative estimate of drug-likeness (QED) is 0.649. The van der Waals surface area contributed by atoms with Crippen LogP contribution < -0.4 is 15.6 Å². The summed E-state index contributed by atoms with van der Waals surface area (Å²) in [5.74, 6) is 0.301. The van der Waals surface area contributed by atoms with Gasteiger partial charge in [0.25, 0.3) is 5.91 Å². The summed E-state index contributed by atoms with van der Waals surface area (Å²) in [5.41, 5.74) is 2.61. The number of nitrogens with zero attached hydrogens (tertiary/aromatic N) is 1. The van der Waals surface area contributed by atoms with Crippen LogP contribution >= 0.6 is 11.6 Å². The highest BCUT2D eigenvalue weighted by atomic mass is 35.5. The number of hydrogen-bond acceptors (Lipinski definition) is 5. The lowest BCUT2D eigenvalue weighted by Gasteiger charge is -2.12. The Bertz CT molecular complexity index is 1150. The van der Waals surface area contributed by atoms with Gasteiger partial charge in [0.1, 0.15) is 5.56 Å². The minimum Gasteiger partial charge on any atom is -0.493 e. The lowest BCUT2D eigenvalue weighted by atomic mass is 10.1. The van der Waals surface area contributed by atoms with Crippen molar-refractivity contribution in [3.05, 3.63) is 64.2 Å². The molecule has 1 unspecified atom stereocenters. The molecule has 7 heteroatoms. The average Bonchev–Trinajstić information content (AvgIpc) is 3.27. The fourth-order valence-corrected chi connectivity index (χ4v) is 3.62. The maximum atomic E-state index is 13.0. The lowest BCUT2D eigenvalue weighted by molar-refractivity contribution is 0.0854. The van der Waals surface area contributed by atoms with Crippen molar-refractivity contribution in [2.24, 2.45) is 4.99 Å². The predicted molar refractivity (Wildman–Crippen MR) is 115 cm³/mol. The van der Waals surface area contributed by atoms with Crippen molar-refractivity contribution in [3.8, 4) is 5.75 Å². The van der Waals surface area contributed by atoms with E-state index < -0.39 is 0 Å². The molecule has 1 saturated heterocycles. The van der Waals surface area contributed by atoms with Gasteiger partial charge in [0.05, 0.1) is 18.9 Å². The van der Waals surface area contributed by atoms with Gasteiger partial charge in [0, 0.05) is 23.6 Å². The molecule has 2 heterocycles. The Kier molecular flexibility index (Phi) is 6.06. The van der Waals surface area contributed by atoms with Crippen LogP contribution in [0, 0.1) is 6.92 Å². The number of para-hydroxylation sites is 1. The molecule has 1 aliphatic rings. The SMILES string of the molecule is COc1cccc2cc(C(=O)NCC3CCCO3)c(=Nc3cc(Cl)ccc3C)oc12. The van der Waals surface area contributed by atoms with Crippen molar-refractivity contribution in [2.75, 3.05) is 20.3 Å². The first-order chi connectivity index (χ1) is 14.5. The van der Waals surface area contributed by atoms with E-state index in [0.29, 0.717) is 34.2 Å². The number of rotatable bonds is 5. The van der Waals surface area contributed by atoms with E-state index >= 15 is 0 Å². The summed E-state index contributed by atoms with van der Waals surface area (Å²) in [6.07, 6.45) is 2.00. The molecule has 1 amide bonds. The van der Waals surface area contributed by atoms with Crippen LogP contribution in [-0.2, 0) is 4.74 Å². The number of carbonyl (C=O) groups is 1. The Hall–Kier alpha value is -2.83. The maximum Gasteiger partial charge on any atom is 0.256 e. The number of nitrogens with one attached hydrogen (secondary N) is 1. The van der Waals surface area contributed by atoms with Crippen LogP contribution in [0.25, 0.3) is 11.0 Å². The Morgan fingerprint density at radius 2 is 2.17 bits per heavy atom. The average molecular weight is 427 g/mol. The van der Waals surface area contributed by atoms with Crippen LogP contribution in [0.15, 0.2) is 51.9 Å². The van der Waals surface area contributed by atoms with Crippen molar-refractivity contribution >= 4 is 34.2 Å². The number of hydrogen-bond donors (Lipinski definition) is 1. The first-order valence-corrected chi connectivity index (χ1v) is 10.2. The molecule has 0 aliphatic carbocycles. The molecule has 0 spiro atoms. The first-order valence-electron chi connectivity index (χ1n) is 9.86. The third kappa shape index (κ3) is 4.35. The second-order valence-corrected chi connectivity index (χ2v) is 7.67. The summed E-state index contributed by atoms with van der Waals surface area (Å²) in [4.78, 5) is 17.6. The van der Waals surface area contributed by atoms with Gasteiger partial charge in [-0.05, 0) is 49.6 Å². The molecular formula is C23H23ClN2O4. The highest BCUT2D eigenvalue weighted by Gasteiger charge is 2.19. The zero-order valence-electron chi connectivity index (χ0n) is 16.9. The van der Waals surface area contributed by atoms with Crippen LogP contribution in [0.5, 0.6) is 5.75 Å². The summed E-state index contributed by atoms with van der Waals surface area (Å²) < 4.78 is 17.1. The number of carbonyl (C=O) groups excluding carboxylic acids is 1. The standard InChI is InChI=1S/C23H23ClN2O4/c1-14-8-9-16(24)12-19(14)26-23-18(22(27)25-13-17-6-4-10-29-17)11-15-5-3-7-20(28-2)21(15)30-23/h3,5,7-9,11-12,17H,4,6,10,13H2,1-2H3,(H,25,27). The number of halogens is 1. The second-order valence-electron chi connectivity index (χ2n) is 7.23. The number of amides is 1. The summed E-state index contributed by atoms with van der Waals surface area (Å²) in [6, 6.07) is 12.7. The van der Waals surface area contributed by atoms with E-state index in [2.05, 4.69) is 10.3 Å². The largest absolute Gasteiger partial charge is 0.493 e. The molecule has 4 rings (SSSR count). The van der Waals surface area contributed by atoms with Crippen molar-refractivity contribution in [3.63, 3.8) is 0 Å². The monoisotopic (exact) mass is 426 g/mol. The van der Waals surface area contributed by atoms with Gasteiger partial charge in [-0.15, -0.1) is 0 Å². The third-order valence-electron chi connectivity index (χ3n) is 5.11. The van der Waals surface area contributed by atoms with Gasteiger partial charge in [0.15, 0.2) is 11.3 Å². The Morgan fingerprint density at radius 1 is 1.30 bits per heavy atom. The maximum absolute atomic E-state index is 13.0. The molecule has 30 heavy (non-hydrogen) atoms. The molecule has 1 aromatic heterocycles. The zero-order chi connectivity index (χ0) is 21.1. The third-order valence-corrected chi connectivity index (χ3v) is 5.35. The molecule has 1 atom stereocenters. The molecule has 3 aromatic rings. The highest BCUT2D eigenvalue weighted by Crippen LogP contribution is 2.26. The zero-order valence-corrected chi connectivity index (χ0v) is 17.7. The van der Waals surface area contributed by atoms with E-state index in [-0.39, 0.29) is 17.6 Å².